The maximum absolute atomic E-state index is 12.2. The Balaban J connectivity index is 1.56. The number of likely N-dealkylation sites (tertiary alicyclic amines) is 1. The highest BCUT2D eigenvalue weighted by Crippen LogP contribution is 2.25. The van der Waals surface area contributed by atoms with Crippen LogP contribution < -0.4 is 5.32 Å². The van der Waals surface area contributed by atoms with Crippen LogP contribution in [0.1, 0.15) is 11.4 Å². The molecule has 0 spiro atoms. The van der Waals surface area contributed by atoms with Gasteiger partial charge < -0.3 is 10.2 Å². The molecule has 1 aliphatic heterocycles. The van der Waals surface area contributed by atoms with E-state index < -0.39 is 0 Å². The molecule has 0 radical (unpaired) electrons. The van der Waals surface area contributed by atoms with Crippen LogP contribution in [0.2, 0.25) is 0 Å². The Hall–Kier alpha value is -2.47. The van der Waals surface area contributed by atoms with Crippen LogP contribution in [0, 0.1) is 12.8 Å². The highest BCUT2D eigenvalue weighted by molar-refractivity contribution is 7.09. The van der Waals surface area contributed by atoms with Crippen LogP contribution in [-0.2, 0) is 9.59 Å². The molecule has 124 valence electrons. The molecule has 1 fully saturated rings. The molecule has 1 N–H and O–H groups in total. The van der Waals surface area contributed by atoms with Gasteiger partial charge in [-0.2, -0.15) is 0 Å². The smallest absolute Gasteiger partial charge is 0.245 e. The number of aryl methyl sites for hydroxylation is 1. The number of aromatic nitrogens is 1. The van der Waals surface area contributed by atoms with Crippen LogP contribution in [0.3, 0.4) is 0 Å². The summed E-state index contributed by atoms with van der Waals surface area (Å²) in [4.78, 5) is 29.7. The number of nitrogens with one attached hydrogen (secondary N) is 1. The van der Waals surface area contributed by atoms with Gasteiger partial charge in [0.05, 0.1) is 10.7 Å². The van der Waals surface area contributed by atoms with E-state index >= 15 is 0 Å². The number of rotatable bonds is 5. The zero-order valence-electron chi connectivity index (χ0n) is 13.5. The summed E-state index contributed by atoms with van der Waals surface area (Å²) >= 11 is 1.60. The number of benzene rings is 1. The van der Waals surface area contributed by atoms with Gasteiger partial charge in [0.15, 0.2) is 0 Å². The Labute approximate surface area is 145 Å². The molecular weight excluding hydrogens is 322 g/mol. The summed E-state index contributed by atoms with van der Waals surface area (Å²) in [6.45, 7) is 6.68. The van der Waals surface area contributed by atoms with Crippen molar-refractivity contribution in [1.29, 1.82) is 0 Å². The second-order valence-electron chi connectivity index (χ2n) is 5.90. The standard InChI is InChI=1S/C18H19N3O2S/c1-3-18(23)21-9-13(10-21)7-17(22)20-15-6-4-5-14(8-15)16-11-24-12(2)19-16/h3-6,8,11,13H,1,7,9-10H2,2H3,(H,20,22). The van der Waals surface area contributed by atoms with E-state index in [0.29, 0.717) is 19.5 Å². The van der Waals surface area contributed by atoms with E-state index in [-0.39, 0.29) is 17.7 Å². The highest BCUT2D eigenvalue weighted by atomic mass is 32.1. The van der Waals surface area contributed by atoms with Crippen molar-refractivity contribution in [2.45, 2.75) is 13.3 Å². The predicted octanol–water partition coefficient (Wildman–Crippen LogP) is 3.09. The highest BCUT2D eigenvalue weighted by Gasteiger charge is 2.30. The molecule has 5 nitrogen and oxygen atoms in total. The summed E-state index contributed by atoms with van der Waals surface area (Å²) in [6, 6.07) is 7.69. The molecule has 3 rings (SSSR count). The first-order valence-electron chi connectivity index (χ1n) is 7.79. The SMILES string of the molecule is C=CC(=O)N1CC(CC(=O)Nc2cccc(-c3csc(C)n3)c2)C1. The largest absolute Gasteiger partial charge is 0.338 e. The van der Waals surface area contributed by atoms with Crippen LogP contribution in [0.25, 0.3) is 11.3 Å². The van der Waals surface area contributed by atoms with Gasteiger partial charge >= 0.3 is 0 Å². The van der Waals surface area contributed by atoms with E-state index in [1.807, 2.05) is 36.6 Å². The first kappa shape index (κ1) is 16.4. The van der Waals surface area contributed by atoms with Crippen molar-refractivity contribution in [2.24, 2.45) is 5.92 Å². The zero-order chi connectivity index (χ0) is 17.1. The number of hydrogen-bond donors (Lipinski definition) is 1. The lowest BCUT2D eigenvalue weighted by Gasteiger charge is -2.38. The first-order valence-corrected chi connectivity index (χ1v) is 8.67. The molecule has 24 heavy (non-hydrogen) atoms. The lowest BCUT2D eigenvalue weighted by atomic mass is 9.95. The van der Waals surface area contributed by atoms with Crippen molar-refractivity contribution in [2.75, 3.05) is 18.4 Å². The van der Waals surface area contributed by atoms with Gasteiger partial charge in [-0.15, -0.1) is 11.3 Å². The summed E-state index contributed by atoms with van der Waals surface area (Å²) in [5.74, 6) is 0.119. The Morgan fingerprint density at radius 2 is 2.25 bits per heavy atom. The summed E-state index contributed by atoms with van der Waals surface area (Å²) in [7, 11) is 0. The van der Waals surface area contributed by atoms with E-state index in [1.165, 1.54) is 6.08 Å². The van der Waals surface area contributed by atoms with Crippen molar-refractivity contribution in [1.82, 2.24) is 9.88 Å². The summed E-state index contributed by atoms with van der Waals surface area (Å²) in [5.41, 5.74) is 2.68. The van der Waals surface area contributed by atoms with Gasteiger partial charge in [-0.05, 0) is 25.1 Å². The summed E-state index contributed by atoms with van der Waals surface area (Å²) in [6.07, 6.45) is 1.73. The summed E-state index contributed by atoms with van der Waals surface area (Å²) in [5, 5.41) is 5.96. The fourth-order valence-electron chi connectivity index (χ4n) is 2.73. The average Bonchev–Trinajstić information content (AvgIpc) is 2.96. The molecule has 1 aromatic heterocycles. The first-order chi connectivity index (χ1) is 11.5. The van der Waals surface area contributed by atoms with Gasteiger partial charge in [0.1, 0.15) is 0 Å². The maximum Gasteiger partial charge on any atom is 0.245 e. The molecule has 0 saturated carbocycles. The molecule has 0 aliphatic carbocycles. The normalized spacial score (nSPS) is 14.1. The molecule has 2 heterocycles. The minimum atomic E-state index is -0.0714. The van der Waals surface area contributed by atoms with E-state index in [2.05, 4.69) is 16.9 Å². The lowest BCUT2D eigenvalue weighted by Crippen LogP contribution is -2.50. The van der Waals surface area contributed by atoms with Crippen LogP contribution in [0.15, 0.2) is 42.3 Å². The van der Waals surface area contributed by atoms with E-state index in [0.717, 1.165) is 22.0 Å². The van der Waals surface area contributed by atoms with Crippen molar-refractivity contribution < 1.29 is 9.59 Å². The Bertz CT molecular complexity index is 778. The topological polar surface area (TPSA) is 62.3 Å². The van der Waals surface area contributed by atoms with E-state index in [4.69, 9.17) is 0 Å². The number of hydrogen-bond acceptors (Lipinski definition) is 4. The van der Waals surface area contributed by atoms with Gasteiger partial charge in [-0.3, -0.25) is 9.59 Å². The van der Waals surface area contributed by atoms with Gasteiger partial charge in [-0.1, -0.05) is 18.7 Å². The van der Waals surface area contributed by atoms with Gasteiger partial charge in [0.25, 0.3) is 0 Å². The van der Waals surface area contributed by atoms with Crippen molar-refractivity contribution in [3.63, 3.8) is 0 Å². The Morgan fingerprint density at radius 3 is 2.92 bits per heavy atom. The lowest BCUT2D eigenvalue weighted by molar-refractivity contribution is -0.134. The summed E-state index contributed by atoms with van der Waals surface area (Å²) < 4.78 is 0. The number of nitrogens with zero attached hydrogens (tertiary/aromatic N) is 2. The maximum atomic E-state index is 12.2. The molecular formula is C18H19N3O2S. The third kappa shape index (κ3) is 3.71. The van der Waals surface area contributed by atoms with Gasteiger partial charge in [0, 0.05) is 42.1 Å². The van der Waals surface area contributed by atoms with E-state index in [9.17, 15) is 9.59 Å². The molecule has 1 aliphatic rings. The zero-order valence-corrected chi connectivity index (χ0v) is 14.3. The van der Waals surface area contributed by atoms with Crippen LogP contribution in [0.4, 0.5) is 5.69 Å². The third-order valence-corrected chi connectivity index (χ3v) is 4.75. The number of anilines is 1. The fourth-order valence-corrected chi connectivity index (χ4v) is 3.36. The van der Waals surface area contributed by atoms with Gasteiger partial charge in [0.2, 0.25) is 11.8 Å². The predicted molar refractivity (Wildman–Crippen MR) is 95.8 cm³/mol. The van der Waals surface area contributed by atoms with Crippen LogP contribution >= 0.6 is 11.3 Å². The average molecular weight is 341 g/mol. The second kappa shape index (κ2) is 6.97. The molecule has 0 atom stereocenters. The van der Waals surface area contributed by atoms with Crippen LogP contribution in [-0.4, -0.2) is 34.8 Å². The third-order valence-electron chi connectivity index (χ3n) is 3.98. The van der Waals surface area contributed by atoms with E-state index in [1.54, 1.807) is 16.2 Å². The number of carbonyl (C=O) groups is 2. The fraction of sp³-hybridized carbons (Fsp3) is 0.278. The Morgan fingerprint density at radius 1 is 1.46 bits per heavy atom. The number of carbonyl (C=O) groups excluding carboxylic acids is 2. The van der Waals surface area contributed by atoms with Crippen molar-refractivity contribution in [3.05, 3.63) is 47.3 Å². The molecule has 0 bridgehead atoms. The quantitative estimate of drug-likeness (QED) is 0.850. The minimum Gasteiger partial charge on any atom is -0.338 e. The monoisotopic (exact) mass is 341 g/mol. The van der Waals surface area contributed by atoms with Crippen molar-refractivity contribution in [3.8, 4) is 11.3 Å². The molecule has 1 aromatic carbocycles. The van der Waals surface area contributed by atoms with Crippen molar-refractivity contribution >= 4 is 28.8 Å². The number of amides is 2. The molecule has 2 amide bonds. The second-order valence-corrected chi connectivity index (χ2v) is 6.96. The molecule has 1 saturated heterocycles. The molecule has 6 heteroatoms. The van der Waals surface area contributed by atoms with Gasteiger partial charge in [-0.25, -0.2) is 4.98 Å². The molecule has 2 aromatic rings. The Kier molecular flexibility index (Phi) is 4.76. The number of thiazole rings is 1. The molecule has 0 unspecified atom stereocenters. The minimum absolute atomic E-state index is 0.0303. The van der Waals surface area contributed by atoms with Crippen LogP contribution in [0.5, 0.6) is 0 Å².